The first kappa shape index (κ1) is 25.2. The van der Waals surface area contributed by atoms with Crippen LogP contribution in [0, 0.1) is 5.92 Å². The predicted octanol–water partition coefficient (Wildman–Crippen LogP) is 6.00. The van der Waals surface area contributed by atoms with Gasteiger partial charge in [-0.3, -0.25) is 9.59 Å². The third-order valence-electron chi connectivity index (χ3n) is 6.56. The number of likely N-dealkylation sites (tertiary alicyclic amines) is 1. The van der Waals surface area contributed by atoms with Crippen LogP contribution >= 0.6 is 0 Å². The zero-order valence-corrected chi connectivity index (χ0v) is 20.1. The van der Waals surface area contributed by atoms with Gasteiger partial charge in [-0.25, -0.2) is 9.97 Å². The summed E-state index contributed by atoms with van der Waals surface area (Å²) in [6.07, 6.45) is -3.65. The molecule has 38 heavy (non-hydrogen) atoms. The number of nitrogens with one attached hydrogen (secondary N) is 1. The molecule has 2 heterocycles. The minimum atomic E-state index is -4.49. The lowest BCUT2D eigenvalue weighted by Gasteiger charge is -2.30. The molecule has 0 bridgehead atoms. The quantitative estimate of drug-likeness (QED) is 0.335. The maximum Gasteiger partial charge on any atom is 0.416 e. The van der Waals surface area contributed by atoms with E-state index in [0.29, 0.717) is 59.8 Å². The van der Waals surface area contributed by atoms with Crippen LogP contribution in [0.3, 0.4) is 0 Å². The van der Waals surface area contributed by atoms with E-state index in [0.717, 1.165) is 12.1 Å². The Bertz CT molecular complexity index is 1480. The van der Waals surface area contributed by atoms with Crippen molar-refractivity contribution in [1.82, 2.24) is 14.9 Å². The Hall–Kier alpha value is -4.47. The molecule has 1 saturated heterocycles. The Morgan fingerprint density at radius 1 is 0.895 bits per heavy atom. The average Bonchev–Trinajstić information content (AvgIpc) is 2.92. The molecular formula is C28H23F3N4O3. The number of aliphatic carboxylic acids is 1. The van der Waals surface area contributed by atoms with Gasteiger partial charge in [-0.15, -0.1) is 0 Å². The molecule has 1 aliphatic heterocycles. The summed E-state index contributed by atoms with van der Waals surface area (Å²) in [5, 5.41) is 12.3. The number of halogens is 3. The highest BCUT2D eigenvalue weighted by Gasteiger charge is 2.31. The number of amides is 1. The second-order valence-corrected chi connectivity index (χ2v) is 9.10. The lowest BCUT2D eigenvalue weighted by atomic mass is 9.96. The number of aromatic nitrogens is 2. The van der Waals surface area contributed by atoms with E-state index in [-0.39, 0.29) is 11.4 Å². The first-order valence-corrected chi connectivity index (χ1v) is 12.0. The van der Waals surface area contributed by atoms with Gasteiger partial charge in [0.25, 0.3) is 5.91 Å². The van der Waals surface area contributed by atoms with Gasteiger partial charge in [-0.05, 0) is 55.3 Å². The molecule has 0 atom stereocenters. The van der Waals surface area contributed by atoms with Crippen LogP contribution in [-0.2, 0) is 11.0 Å². The lowest BCUT2D eigenvalue weighted by Crippen LogP contribution is -2.40. The monoisotopic (exact) mass is 520 g/mol. The number of carbonyl (C=O) groups is 2. The Balaban J connectivity index is 1.41. The van der Waals surface area contributed by atoms with E-state index in [1.54, 1.807) is 53.4 Å². The van der Waals surface area contributed by atoms with Gasteiger partial charge < -0.3 is 15.3 Å². The molecular weight excluding hydrogens is 497 g/mol. The zero-order chi connectivity index (χ0) is 26.9. The van der Waals surface area contributed by atoms with Crippen molar-refractivity contribution >= 4 is 34.4 Å². The number of nitrogens with zero attached hydrogens (tertiary/aromatic N) is 3. The number of benzene rings is 3. The second-order valence-electron chi connectivity index (χ2n) is 9.10. The average molecular weight is 521 g/mol. The second kappa shape index (κ2) is 10.1. The van der Waals surface area contributed by atoms with Crippen molar-refractivity contribution in [3.63, 3.8) is 0 Å². The van der Waals surface area contributed by atoms with Gasteiger partial charge in [0, 0.05) is 29.9 Å². The third-order valence-corrected chi connectivity index (χ3v) is 6.56. The molecule has 0 aliphatic carbocycles. The van der Waals surface area contributed by atoms with Crippen molar-refractivity contribution in [2.45, 2.75) is 19.0 Å². The summed E-state index contributed by atoms with van der Waals surface area (Å²) in [5.41, 5.74) is 1.78. The smallest absolute Gasteiger partial charge is 0.416 e. The molecule has 194 valence electrons. The summed E-state index contributed by atoms with van der Waals surface area (Å²) >= 11 is 0. The van der Waals surface area contributed by atoms with E-state index in [2.05, 4.69) is 15.3 Å². The number of carboxylic acids is 1. The van der Waals surface area contributed by atoms with Crippen LogP contribution in [0.5, 0.6) is 0 Å². The number of anilines is 2. The molecule has 1 aromatic heterocycles. The van der Waals surface area contributed by atoms with E-state index < -0.39 is 23.6 Å². The van der Waals surface area contributed by atoms with E-state index in [4.69, 9.17) is 5.11 Å². The Labute approximate surface area is 216 Å². The van der Waals surface area contributed by atoms with Gasteiger partial charge in [0.05, 0.1) is 22.5 Å². The van der Waals surface area contributed by atoms with Crippen LogP contribution < -0.4 is 5.32 Å². The molecule has 4 aromatic rings. The molecule has 0 unspecified atom stereocenters. The number of hydrogen-bond donors (Lipinski definition) is 2. The SMILES string of the molecule is O=C(O)C1CCN(C(=O)c2ccc(Nc3nc4ccc(C(F)(F)F)cc4nc3-c3ccccc3)cc2)CC1. The van der Waals surface area contributed by atoms with Crippen molar-refractivity contribution < 1.29 is 27.9 Å². The maximum absolute atomic E-state index is 13.3. The molecule has 3 aromatic carbocycles. The normalized spacial score (nSPS) is 14.4. The molecule has 1 amide bonds. The van der Waals surface area contributed by atoms with E-state index >= 15 is 0 Å². The van der Waals surface area contributed by atoms with Crippen molar-refractivity contribution in [3.05, 3.63) is 83.9 Å². The van der Waals surface area contributed by atoms with Gasteiger partial charge in [-0.1, -0.05) is 30.3 Å². The van der Waals surface area contributed by atoms with Gasteiger partial charge in [-0.2, -0.15) is 13.2 Å². The topological polar surface area (TPSA) is 95.4 Å². The van der Waals surface area contributed by atoms with Crippen molar-refractivity contribution in [2.75, 3.05) is 18.4 Å². The summed E-state index contributed by atoms with van der Waals surface area (Å²) in [7, 11) is 0. The van der Waals surface area contributed by atoms with Gasteiger partial charge in [0.1, 0.15) is 5.69 Å². The fourth-order valence-electron chi connectivity index (χ4n) is 4.46. The number of fused-ring (bicyclic) bond motifs is 1. The highest BCUT2D eigenvalue weighted by atomic mass is 19.4. The van der Waals surface area contributed by atoms with Crippen LogP contribution in [0.25, 0.3) is 22.3 Å². The first-order valence-electron chi connectivity index (χ1n) is 12.0. The lowest BCUT2D eigenvalue weighted by molar-refractivity contribution is -0.143. The molecule has 0 spiro atoms. The molecule has 2 N–H and O–H groups in total. The number of alkyl halides is 3. The summed E-state index contributed by atoms with van der Waals surface area (Å²) in [5.74, 6) is -1.07. The first-order chi connectivity index (χ1) is 18.2. The fourth-order valence-corrected chi connectivity index (χ4v) is 4.46. The van der Waals surface area contributed by atoms with Crippen molar-refractivity contribution in [3.8, 4) is 11.3 Å². The van der Waals surface area contributed by atoms with Gasteiger partial charge in [0.15, 0.2) is 5.82 Å². The Morgan fingerprint density at radius 3 is 2.21 bits per heavy atom. The maximum atomic E-state index is 13.3. The molecule has 0 saturated carbocycles. The number of rotatable bonds is 5. The third kappa shape index (κ3) is 5.29. The summed E-state index contributed by atoms with van der Waals surface area (Å²) in [6.45, 7) is 0.776. The van der Waals surface area contributed by atoms with E-state index in [9.17, 15) is 22.8 Å². The molecule has 7 nitrogen and oxygen atoms in total. The summed E-state index contributed by atoms with van der Waals surface area (Å²) in [4.78, 5) is 34.8. The minimum Gasteiger partial charge on any atom is -0.481 e. The number of piperidine rings is 1. The molecule has 1 aliphatic rings. The Morgan fingerprint density at radius 2 is 1.58 bits per heavy atom. The van der Waals surface area contributed by atoms with E-state index in [1.165, 1.54) is 6.07 Å². The zero-order valence-electron chi connectivity index (χ0n) is 20.1. The summed E-state index contributed by atoms with van der Waals surface area (Å²) in [6, 6.07) is 19.0. The predicted molar refractivity (Wildman–Crippen MR) is 136 cm³/mol. The number of carbonyl (C=O) groups excluding carboxylic acids is 1. The van der Waals surface area contributed by atoms with Crippen molar-refractivity contribution in [1.29, 1.82) is 0 Å². The highest BCUT2D eigenvalue weighted by Crippen LogP contribution is 2.34. The van der Waals surface area contributed by atoms with Crippen LogP contribution in [0.2, 0.25) is 0 Å². The minimum absolute atomic E-state index is 0.122. The van der Waals surface area contributed by atoms with Gasteiger partial charge >= 0.3 is 12.1 Å². The van der Waals surface area contributed by atoms with E-state index in [1.807, 2.05) is 6.07 Å². The molecule has 10 heteroatoms. The van der Waals surface area contributed by atoms with Crippen LogP contribution in [-0.4, -0.2) is 44.9 Å². The molecule has 0 radical (unpaired) electrons. The fraction of sp³-hybridized carbons (Fsp3) is 0.214. The highest BCUT2D eigenvalue weighted by molar-refractivity contribution is 5.95. The standard InChI is InChI=1S/C28H23F3N4O3/c29-28(30,31)20-8-11-22-23(16-20)33-24(17-4-2-1-3-5-17)25(34-22)32-21-9-6-18(7-10-21)26(36)35-14-12-19(13-15-35)27(37)38/h1-11,16,19H,12-15H2,(H,32,34)(H,37,38). The number of carboxylic acid groups (broad SMARTS) is 1. The largest absolute Gasteiger partial charge is 0.481 e. The van der Waals surface area contributed by atoms with Crippen LogP contribution in [0.1, 0.15) is 28.8 Å². The van der Waals surface area contributed by atoms with Crippen LogP contribution in [0.4, 0.5) is 24.7 Å². The van der Waals surface area contributed by atoms with Crippen LogP contribution in [0.15, 0.2) is 72.8 Å². The molecule has 5 rings (SSSR count). The number of hydrogen-bond acceptors (Lipinski definition) is 5. The summed E-state index contributed by atoms with van der Waals surface area (Å²) < 4.78 is 39.8. The van der Waals surface area contributed by atoms with Gasteiger partial charge in [0.2, 0.25) is 0 Å². The molecule has 1 fully saturated rings. The van der Waals surface area contributed by atoms with Crippen molar-refractivity contribution in [2.24, 2.45) is 5.92 Å². The Kier molecular flexibility index (Phi) is 6.71.